The molecule has 0 amide bonds. The number of hydrogen-bond acceptors (Lipinski definition) is 3. The fraction of sp³-hybridized carbons (Fsp3) is 0.462. The van der Waals surface area contributed by atoms with Crippen LogP contribution < -0.4 is 10.5 Å². The van der Waals surface area contributed by atoms with Crippen LogP contribution in [0.1, 0.15) is 31.2 Å². The summed E-state index contributed by atoms with van der Waals surface area (Å²) >= 11 is 0. The Morgan fingerprint density at radius 2 is 2.00 bits per heavy atom. The van der Waals surface area contributed by atoms with Gasteiger partial charge in [-0.1, -0.05) is 12.1 Å². The van der Waals surface area contributed by atoms with Gasteiger partial charge in [-0.15, -0.1) is 0 Å². The van der Waals surface area contributed by atoms with Gasteiger partial charge in [0.25, 0.3) is 0 Å². The predicted octanol–water partition coefficient (Wildman–Crippen LogP) is 1.99. The second-order valence-corrected chi connectivity index (χ2v) is 4.43. The Bertz CT molecular complexity index is 391. The molecule has 0 unspecified atom stereocenters. The molecule has 1 aliphatic rings. The molecule has 0 radical (unpaired) electrons. The molecule has 3 nitrogen and oxygen atoms in total. The molecule has 3 heteroatoms. The average Bonchev–Trinajstić information content (AvgIpc) is 2.33. The van der Waals surface area contributed by atoms with Crippen LogP contribution in [0.4, 0.5) is 0 Å². The number of carbonyl (C=O) groups is 1. The van der Waals surface area contributed by atoms with Gasteiger partial charge in [0.2, 0.25) is 0 Å². The van der Waals surface area contributed by atoms with Crippen molar-refractivity contribution in [1.82, 2.24) is 0 Å². The van der Waals surface area contributed by atoms with Gasteiger partial charge in [0.15, 0.2) is 0 Å². The second-order valence-electron chi connectivity index (χ2n) is 4.43. The Balaban J connectivity index is 2.25. The lowest BCUT2D eigenvalue weighted by Crippen LogP contribution is -2.40. The van der Waals surface area contributed by atoms with Gasteiger partial charge in [0.1, 0.15) is 11.5 Å². The van der Waals surface area contributed by atoms with Gasteiger partial charge in [0, 0.05) is 18.4 Å². The van der Waals surface area contributed by atoms with E-state index in [1.165, 1.54) is 0 Å². The number of ether oxygens (including phenoxy) is 1. The Hall–Kier alpha value is -1.35. The third kappa shape index (κ3) is 2.09. The van der Waals surface area contributed by atoms with Gasteiger partial charge in [-0.2, -0.15) is 0 Å². The highest BCUT2D eigenvalue weighted by atomic mass is 16.5. The molecule has 1 fully saturated rings. The molecule has 16 heavy (non-hydrogen) atoms. The van der Waals surface area contributed by atoms with Crippen molar-refractivity contribution in [3.05, 3.63) is 29.8 Å². The van der Waals surface area contributed by atoms with Crippen LogP contribution in [0.3, 0.4) is 0 Å². The smallest absolute Gasteiger partial charge is 0.133 e. The predicted molar refractivity (Wildman–Crippen MR) is 62.3 cm³/mol. The fourth-order valence-electron chi connectivity index (χ4n) is 2.20. The highest BCUT2D eigenvalue weighted by Gasteiger charge is 2.32. The third-order valence-corrected chi connectivity index (χ3v) is 3.34. The van der Waals surface area contributed by atoms with E-state index in [4.69, 9.17) is 10.5 Å². The SMILES string of the molecule is COc1cccc(C2(N)CCC(=O)CC2)c1. The molecule has 1 saturated carbocycles. The minimum Gasteiger partial charge on any atom is -0.497 e. The summed E-state index contributed by atoms with van der Waals surface area (Å²) in [5, 5.41) is 0. The van der Waals surface area contributed by atoms with Gasteiger partial charge in [-0.3, -0.25) is 4.79 Å². The molecule has 1 aromatic carbocycles. The van der Waals surface area contributed by atoms with E-state index in [9.17, 15) is 4.79 Å². The highest BCUT2D eigenvalue weighted by Crippen LogP contribution is 2.34. The summed E-state index contributed by atoms with van der Waals surface area (Å²) in [6.07, 6.45) is 2.65. The Morgan fingerprint density at radius 1 is 1.31 bits per heavy atom. The van der Waals surface area contributed by atoms with Crippen LogP contribution in [-0.2, 0) is 10.3 Å². The number of rotatable bonds is 2. The molecule has 0 heterocycles. The first-order valence-corrected chi connectivity index (χ1v) is 5.59. The molecule has 1 aromatic rings. The van der Waals surface area contributed by atoms with E-state index in [1.807, 2.05) is 24.3 Å². The molecular weight excluding hydrogens is 202 g/mol. The molecule has 2 rings (SSSR count). The van der Waals surface area contributed by atoms with E-state index in [2.05, 4.69) is 0 Å². The van der Waals surface area contributed by atoms with E-state index in [-0.39, 0.29) is 5.54 Å². The number of hydrogen-bond donors (Lipinski definition) is 1. The molecule has 0 aliphatic heterocycles. The van der Waals surface area contributed by atoms with Crippen LogP contribution in [0.25, 0.3) is 0 Å². The molecule has 0 saturated heterocycles. The summed E-state index contributed by atoms with van der Waals surface area (Å²) in [4.78, 5) is 11.2. The van der Waals surface area contributed by atoms with Gasteiger partial charge < -0.3 is 10.5 Å². The maximum Gasteiger partial charge on any atom is 0.133 e. The van der Waals surface area contributed by atoms with Crippen molar-refractivity contribution in [1.29, 1.82) is 0 Å². The van der Waals surface area contributed by atoms with E-state index >= 15 is 0 Å². The standard InChI is InChI=1S/C13H17NO2/c1-16-12-4-2-3-10(9-12)13(14)7-5-11(15)6-8-13/h2-4,9H,5-8,14H2,1H3. The minimum atomic E-state index is -0.359. The summed E-state index contributed by atoms with van der Waals surface area (Å²) in [6.45, 7) is 0. The van der Waals surface area contributed by atoms with Crippen LogP contribution in [0.15, 0.2) is 24.3 Å². The summed E-state index contributed by atoms with van der Waals surface area (Å²) in [5.41, 5.74) is 7.07. The van der Waals surface area contributed by atoms with Gasteiger partial charge in [-0.25, -0.2) is 0 Å². The van der Waals surface area contributed by atoms with E-state index in [0.29, 0.717) is 18.6 Å². The Kier molecular flexibility index (Phi) is 2.97. The normalized spacial score (nSPS) is 19.5. The molecule has 86 valence electrons. The largest absolute Gasteiger partial charge is 0.497 e. The molecule has 1 aliphatic carbocycles. The zero-order valence-electron chi connectivity index (χ0n) is 9.53. The topological polar surface area (TPSA) is 52.3 Å². The van der Waals surface area contributed by atoms with E-state index in [1.54, 1.807) is 7.11 Å². The van der Waals surface area contributed by atoms with Crippen molar-refractivity contribution in [2.75, 3.05) is 7.11 Å². The number of ketones is 1. The summed E-state index contributed by atoms with van der Waals surface area (Å²) in [6, 6.07) is 7.83. The number of benzene rings is 1. The van der Waals surface area contributed by atoms with Crippen LogP contribution in [-0.4, -0.2) is 12.9 Å². The fourth-order valence-corrected chi connectivity index (χ4v) is 2.20. The van der Waals surface area contributed by atoms with Crippen LogP contribution in [0.5, 0.6) is 5.75 Å². The van der Waals surface area contributed by atoms with E-state index < -0.39 is 0 Å². The maximum absolute atomic E-state index is 11.2. The number of carbonyl (C=O) groups excluding carboxylic acids is 1. The minimum absolute atomic E-state index is 0.323. The molecule has 0 bridgehead atoms. The molecule has 2 N–H and O–H groups in total. The average molecular weight is 219 g/mol. The summed E-state index contributed by atoms with van der Waals surface area (Å²) in [5.74, 6) is 1.14. The van der Waals surface area contributed by atoms with Crippen LogP contribution in [0.2, 0.25) is 0 Å². The van der Waals surface area contributed by atoms with Crippen molar-refractivity contribution >= 4 is 5.78 Å². The van der Waals surface area contributed by atoms with Gasteiger partial charge in [-0.05, 0) is 30.5 Å². The van der Waals surface area contributed by atoms with Gasteiger partial charge >= 0.3 is 0 Å². The maximum atomic E-state index is 11.2. The molecular formula is C13H17NO2. The van der Waals surface area contributed by atoms with Crippen LogP contribution >= 0.6 is 0 Å². The molecule has 0 atom stereocenters. The number of nitrogens with two attached hydrogens (primary N) is 1. The summed E-state index contributed by atoms with van der Waals surface area (Å²) in [7, 11) is 1.65. The summed E-state index contributed by atoms with van der Waals surface area (Å²) < 4.78 is 5.19. The van der Waals surface area contributed by atoms with E-state index in [0.717, 1.165) is 24.2 Å². The monoisotopic (exact) mass is 219 g/mol. The Labute approximate surface area is 95.6 Å². The number of Topliss-reactive ketones (excluding diaryl/α,β-unsaturated/α-hetero) is 1. The number of methoxy groups -OCH3 is 1. The third-order valence-electron chi connectivity index (χ3n) is 3.34. The first kappa shape index (κ1) is 11.1. The van der Waals surface area contributed by atoms with Crippen molar-refractivity contribution in [3.63, 3.8) is 0 Å². The lowest BCUT2D eigenvalue weighted by molar-refractivity contribution is -0.121. The highest BCUT2D eigenvalue weighted by molar-refractivity contribution is 5.79. The molecule has 0 spiro atoms. The zero-order chi connectivity index (χ0) is 11.6. The quantitative estimate of drug-likeness (QED) is 0.827. The van der Waals surface area contributed by atoms with Crippen LogP contribution in [0, 0.1) is 0 Å². The van der Waals surface area contributed by atoms with Gasteiger partial charge in [0.05, 0.1) is 7.11 Å². The van der Waals surface area contributed by atoms with Crippen molar-refractivity contribution in [2.45, 2.75) is 31.2 Å². The first-order valence-electron chi connectivity index (χ1n) is 5.59. The van der Waals surface area contributed by atoms with Crippen molar-refractivity contribution in [2.24, 2.45) is 5.73 Å². The lowest BCUT2D eigenvalue weighted by atomic mass is 9.77. The Morgan fingerprint density at radius 3 is 2.62 bits per heavy atom. The lowest BCUT2D eigenvalue weighted by Gasteiger charge is -2.33. The zero-order valence-corrected chi connectivity index (χ0v) is 9.53. The van der Waals surface area contributed by atoms with Crippen molar-refractivity contribution in [3.8, 4) is 5.75 Å². The van der Waals surface area contributed by atoms with Crippen molar-refractivity contribution < 1.29 is 9.53 Å². The molecule has 0 aromatic heterocycles. The second kappa shape index (κ2) is 4.26. The first-order chi connectivity index (χ1) is 7.64.